The summed E-state index contributed by atoms with van der Waals surface area (Å²) < 4.78 is 18.5. The van der Waals surface area contributed by atoms with Gasteiger partial charge in [-0.1, -0.05) is 6.07 Å². The van der Waals surface area contributed by atoms with Gasteiger partial charge in [-0.05, 0) is 18.6 Å². The normalized spacial score (nSPS) is 13.6. The highest BCUT2D eigenvalue weighted by Crippen LogP contribution is 2.33. The van der Waals surface area contributed by atoms with Gasteiger partial charge in [0.2, 0.25) is 17.7 Å². The molecule has 96 valence electrons. The standard InChI is InChI=1S/C13H10FN3O2/c14-11-6-13(16-7-15-11)19-10-3-1-2-9-8(10)4-5-12(18)17-9/h1-3,6-7H,4-5H2,(H,17,18). The number of fused-ring (bicyclic) bond motifs is 1. The third-order valence-electron chi connectivity index (χ3n) is 2.83. The van der Waals surface area contributed by atoms with Crippen LogP contribution in [0.15, 0.2) is 30.6 Å². The molecule has 0 atom stereocenters. The lowest BCUT2D eigenvalue weighted by Gasteiger charge is -2.19. The smallest absolute Gasteiger partial charge is 0.225 e. The predicted molar refractivity (Wildman–Crippen MR) is 65.5 cm³/mol. The number of nitrogens with zero attached hydrogens (tertiary/aromatic N) is 2. The summed E-state index contributed by atoms with van der Waals surface area (Å²) >= 11 is 0. The summed E-state index contributed by atoms with van der Waals surface area (Å²) in [4.78, 5) is 18.5. The summed E-state index contributed by atoms with van der Waals surface area (Å²) in [6.07, 6.45) is 2.10. The highest BCUT2D eigenvalue weighted by atomic mass is 19.1. The lowest BCUT2D eigenvalue weighted by Crippen LogP contribution is -2.19. The molecule has 0 saturated carbocycles. The number of aromatic nitrogens is 2. The zero-order valence-corrected chi connectivity index (χ0v) is 9.89. The minimum absolute atomic E-state index is 0.0160. The van der Waals surface area contributed by atoms with E-state index in [1.165, 1.54) is 0 Å². The average Bonchev–Trinajstić information content (AvgIpc) is 2.38. The molecular formula is C13H10FN3O2. The Hall–Kier alpha value is -2.50. The number of nitrogens with one attached hydrogen (secondary N) is 1. The van der Waals surface area contributed by atoms with Crippen molar-refractivity contribution in [1.82, 2.24) is 9.97 Å². The molecule has 0 saturated heterocycles. The van der Waals surface area contributed by atoms with Crippen LogP contribution >= 0.6 is 0 Å². The maximum Gasteiger partial charge on any atom is 0.225 e. The third-order valence-corrected chi connectivity index (χ3v) is 2.83. The Balaban J connectivity index is 1.94. The summed E-state index contributed by atoms with van der Waals surface area (Å²) in [6.45, 7) is 0. The highest BCUT2D eigenvalue weighted by Gasteiger charge is 2.18. The number of rotatable bonds is 2. The van der Waals surface area contributed by atoms with Gasteiger partial charge >= 0.3 is 0 Å². The first-order chi connectivity index (χ1) is 9.22. The van der Waals surface area contributed by atoms with Gasteiger partial charge in [0, 0.05) is 17.7 Å². The molecule has 19 heavy (non-hydrogen) atoms. The van der Waals surface area contributed by atoms with Crippen LogP contribution in [0, 0.1) is 5.95 Å². The van der Waals surface area contributed by atoms with Crippen molar-refractivity contribution in [3.63, 3.8) is 0 Å². The fraction of sp³-hybridized carbons (Fsp3) is 0.154. The third kappa shape index (κ3) is 2.37. The van der Waals surface area contributed by atoms with Gasteiger partial charge in [-0.25, -0.2) is 9.97 Å². The summed E-state index contributed by atoms with van der Waals surface area (Å²) in [5.41, 5.74) is 1.62. The number of carbonyl (C=O) groups excluding carboxylic acids is 1. The van der Waals surface area contributed by atoms with Crippen molar-refractivity contribution in [2.75, 3.05) is 5.32 Å². The lowest BCUT2D eigenvalue weighted by atomic mass is 10.0. The molecule has 0 aliphatic carbocycles. The quantitative estimate of drug-likeness (QED) is 0.840. The van der Waals surface area contributed by atoms with Crippen LogP contribution in [0.5, 0.6) is 11.6 Å². The summed E-state index contributed by atoms with van der Waals surface area (Å²) in [6, 6.07) is 6.44. The van der Waals surface area contributed by atoms with E-state index in [1.54, 1.807) is 18.2 Å². The predicted octanol–water partition coefficient (Wildman–Crippen LogP) is 2.29. The molecule has 0 unspecified atom stereocenters. The summed E-state index contributed by atoms with van der Waals surface area (Å²) in [7, 11) is 0. The van der Waals surface area contributed by atoms with E-state index in [0.717, 1.165) is 23.6 Å². The molecule has 1 aromatic heterocycles. The number of hydrogen-bond acceptors (Lipinski definition) is 4. The van der Waals surface area contributed by atoms with Gasteiger partial charge in [0.25, 0.3) is 0 Å². The number of halogens is 1. The largest absolute Gasteiger partial charge is 0.438 e. The van der Waals surface area contributed by atoms with E-state index >= 15 is 0 Å². The first kappa shape index (κ1) is 11.6. The number of anilines is 1. The van der Waals surface area contributed by atoms with Crippen LogP contribution in [-0.4, -0.2) is 15.9 Å². The molecule has 6 heteroatoms. The zero-order valence-electron chi connectivity index (χ0n) is 9.89. The van der Waals surface area contributed by atoms with Crippen molar-refractivity contribution in [3.05, 3.63) is 42.1 Å². The number of ether oxygens (including phenoxy) is 1. The second-order valence-corrected chi connectivity index (χ2v) is 4.11. The molecule has 0 bridgehead atoms. The van der Waals surface area contributed by atoms with Crippen molar-refractivity contribution in [3.8, 4) is 11.6 Å². The van der Waals surface area contributed by atoms with Gasteiger partial charge in [0.15, 0.2) is 0 Å². The van der Waals surface area contributed by atoms with Gasteiger partial charge in [0.1, 0.15) is 12.1 Å². The van der Waals surface area contributed by atoms with E-state index in [0.29, 0.717) is 18.6 Å². The van der Waals surface area contributed by atoms with E-state index < -0.39 is 5.95 Å². The average molecular weight is 259 g/mol. The number of benzene rings is 1. The molecule has 2 heterocycles. The van der Waals surface area contributed by atoms with Crippen molar-refractivity contribution in [2.24, 2.45) is 0 Å². The van der Waals surface area contributed by atoms with Crippen LogP contribution in [0.3, 0.4) is 0 Å². The van der Waals surface area contributed by atoms with Crippen LogP contribution < -0.4 is 10.1 Å². The van der Waals surface area contributed by atoms with Crippen LogP contribution in [0.1, 0.15) is 12.0 Å². The molecule has 1 aromatic carbocycles. The van der Waals surface area contributed by atoms with E-state index in [1.807, 2.05) is 0 Å². The minimum Gasteiger partial charge on any atom is -0.438 e. The first-order valence-electron chi connectivity index (χ1n) is 5.79. The summed E-state index contributed by atoms with van der Waals surface area (Å²) in [5, 5.41) is 2.77. The van der Waals surface area contributed by atoms with Crippen LogP contribution in [0.2, 0.25) is 0 Å². The van der Waals surface area contributed by atoms with Gasteiger partial charge < -0.3 is 10.1 Å². The maximum absolute atomic E-state index is 13.0. The van der Waals surface area contributed by atoms with Crippen molar-refractivity contribution in [1.29, 1.82) is 0 Å². The molecule has 0 spiro atoms. The van der Waals surface area contributed by atoms with E-state index in [4.69, 9.17) is 4.74 Å². The SMILES string of the molecule is O=C1CCc2c(cccc2Oc2cc(F)ncn2)N1. The Kier molecular flexibility index (Phi) is 2.83. The number of carbonyl (C=O) groups is 1. The van der Waals surface area contributed by atoms with Crippen LogP contribution in [-0.2, 0) is 11.2 Å². The fourth-order valence-corrected chi connectivity index (χ4v) is 1.97. The van der Waals surface area contributed by atoms with Gasteiger partial charge in [-0.15, -0.1) is 0 Å². The Labute approximate surface area is 108 Å². The number of hydrogen-bond donors (Lipinski definition) is 1. The van der Waals surface area contributed by atoms with Crippen molar-refractivity contribution >= 4 is 11.6 Å². The summed E-state index contributed by atoms with van der Waals surface area (Å²) in [5.74, 6) is 0.0363. The molecule has 5 nitrogen and oxygen atoms in total. The van der Waals surface area contributed by atoms with Gasteiger partial charge in [-0.2, -0.15) is 4.39 Å². The Bertz CT molecular complexity index is 646. The molecule has 1 N–H and O–H groups in total. The number of amides is 1. The molecular weight excluding hydrogens is 249 g/mol. The Morgan fingerprint density at radius 1 is 1.26 bits per heavy atom. The molecule has 1 aliphatic rings. The molecule has 3 rings (SSSR count). The fourth-order valence-electron chi connectivity index (χ4n) is 1.97. The van der Waals surface area contributed by atoms with Crippen LogP contribution in [0.25, 0.3) is 0 Å². The molecule has 2 aromatic rings. The van der Waals surface area contributed by atoms with E-state index in [9.17, 15) is 9.18 Å². The molecule has 1 amide bonds. The first-order valence-corrected chi connectivity index (χ1v) is 5.79. The Morgan fingerprint density at radius 3 is 3.00 bits per heavy atom. The monoisotopic (exact) mass is 259 g/mol. The highest BCUT2D eigenvalue weighted by molar-refractivity contribution is 5.94. The Morgan fingerprint density at radius 2 is 2.16 bits per heavy atom. The van der Waals surface area contributed by atoms with Gasteiger partial charge in [0.05, 0.1) is 6.07 Å². The molecule has 0 radical (unpaired) electrons. The zero-order chi connectivity index (χ0) is 13.2. The van der Waals surface area contributed by atoms with Crippen molar-refractivity contribution in [2.45, 2.75) is 12.8 Å². The lowest BCUT2D eigenvalue weighted by molar-refractivity contribution is -0.116. The second kappa shape index (κ2) is 4.64. The van der Waals surface area contributed by atoms with Crippen molar-refractivity contribution < 1.29 is 13.9 Å². The maximum atomic E-state index is 13.0. The van der Waals surface area contributed by atoms with E-state index in [2.05, 4.69) is 15.3 Å². The van der Waals surface area contributed by atoms with E-state index in [-0.39, 0.29) is 11.8 Å². The van der Waals surface area contributed by atoms with Gasteiger partial charge in [-0.3, -0.25) is 4.79 Å². The topological polar surface area (TPSA) is 64.1 Å². The molecule has 0 fully saturated rings. The molecule has 1 aliphatic heterocycles. The minimum atomic E-state index is -0.650. The second-order valence-electron chi connectivity index (χ2n) is 4.11. The van der Waals surface area contributed by atoms with Crippen LogP contribution in [0.4, 0.5) is 10.1 Å².